The number of nitrogens with one attached hydrogen (secondary N) is 1. The molecule has 6 nitrogen and oxygen atoms in total. The Morgan fingerprint density at radius 3 is 2.68 bits per heavy atom. The highest BCUT2D eigenvalue weighted by Crippen LogP contribution is 2.34. The highest BCUT2D eigenvalue weighted by molar-refractivity contribution is 7.19. The third kappa shape index (κ3) is 4.98. The molecule has 0 aliphatic carbocycles. The van der Waals surface area contributed by atoms with Crippen molar-refractivity contribution in [3.05, 3.63) is 33.9 Å². The second-order valence-corrected chi connectivity index (χ2v) is 7.62. The molecule has 1 fully saturated rings. The monoisotopic (exact) mass is 396 g/mol. The Hall–Kier alpha value is -1.54. The van der Waals surface area contributed by atoms with Crippen LogP contribution in [-0.4, -0.2) is 35.7 Å². The molecule has 3 rings (SSSR count). The molecule has 0 spiro atoms. The third-order valence-corrected chi connectivity index (χ3v) is 5.29. The number of aryl methyl sites for hydroxylation is 1. The maximum atomic E-state index is 6.10. The van der Waals surface area contributed by atoms with Gasteiger partial charge in [0.05, 0.1) is 10.7 Å². The molecular formula is C16H18Cl2N6S. The zero-order valence-electron chi connectivity index (χ0n) is 14.0. The molecule has 1 aromatic carbocycles. The number of hydrogen-bond acceptors (Lipinski definition) is 7. The van der Waals surface area contributed by atoms with Crippen LogP contribution in [0, 0.1) is 6.92 Å². The number of anilines is 1. The second-order valence-electron chi connectivity index (χ2n) is 5.80. The van der Waals surface area contributed by atoms with Crippen LogP contribution in [0.15, 0.2) is 33.5 Å². The number of azo groups is 1. The molecule has 2 heterocycles. The summed E-state index contributed by atoms with van der Waals surface area (Å²) >= 11 is 13.4. The van der Waals surface area contributed by atoms with E-state index < -0.39 is 0 Å². The summed E-state index contributed by atoms with van der Waals surface area (Å²) in [6, 6.07) is 5.10. The predicted molar refractivity (Wildman–Crippen MR) is 105 cm³/mol. The summed E-state index contributed by atoms with van der Waals surface area (Å²) < 4.78 is 0. The van der Waals surface area contributed by atoms with E-state index in [-0.39, 0.29) is 0 Å². The molecule has 9 heteroatoms. The SMILES string of the molecule is Cc1nc(NN=C2CCN(C)CC2)sc1N=Nc1ccc(Cl)cc1Cl. The summed E-state index contributed by atoms with van der Waals surface area (Å²) in [6.07, 6.45) is 1.96. The number of benzene rings is 1. The van der Waals surface area contributed by atoms with Crippen molar-refractivity contribution in [2.24, 2.45) is 15.3 Å². The first-order chi connectivity index (χ1) is 12.0. The van der Waals surface area contributed by atoms with Crippen molar-refractivity contribution in [3.63, 3.8) is 0 Å². The minimum absolute atomic E-state index is 0.463. The van der Waals surface area contributed by atoms with Gasteiger partial charge in [-0.2, -0.15) is 5.10 Å². The molecule has 25 heavy (non-hydrogen) atoms. The second kappa shape index (κ2) is 8.23. The van der Waals surface area contributed by atoms with Gasteiger partial charge in [-0.1, -0.05) is 34.5 Å². The van der Waals surface area contributed by atoms with Gasteiger partial charge in [-0.05, 0) is 32.2 Å². The van der Waals surface area contributed by atoms with Crippen LogP contribution in [0.5, 0.6) is 0 Å². The normalized spacial score (nSPS) is 15.8. The van der Waals surface area contributed by atoms with Crippen LogP contribution in [0.2, 0.25) is 10.0 Å². The molecule has 0 atom stereocenters. The van der Waals surface area contributed by atoms with Crippen LogP contribution >= 0.6 is 34.5 Å². The number of piperidine rings is 1. The molecule has 1 aliphatic rings. The van der Waals surface area contributed by atoms with E-state index >= 15 is 0 Å². The summed E-state index contributed by atoms with van der Waals surface area (Å²) in [4.78, 5) is 6.74. The van der Waals surface area contributed by atoms with Crippen molar-refractivity contribution >= 4 is 56.1 Å². The standard InChI is InChI=1S/C16H18Cl2N6S/c1-10-15(22-21-14-4-3-11(17)9-13(14)18)25-16(19-10)23-20-12-5-7-24(2)8-6-12/h3-4,9H,5-8H2,1-2H3,(H,19,23). The van der Waals surface area contributed by atoms with Crippen molar-refractivity contribution in [1.82, 2.24) is 9.88 Å². The van der Waals surface area contributed by atoms with Crippen molar-refractivity contribution in [3.8, 4) is 0 Å². The molecule has 1 saturated heterocycles. The van der Waals surface area contributed by atoms with Gasteiger partial charge in [0, 0.05) is 36.7 Å². The Morgan fingerprint density at radius 2 is 1.96 bits per heavy atom. The van der Waals surface area contributed by atoms with E-state index in [0.29, 0.717) is 20.9 Å². The summed E-state index contributed by atoms with van der Waals surface area (Å²) in [5.41, 5.74) is 5.57. The molecule has 0 unspecified atom stereocenters. The third-order valence-electron chi connectivity index (χ3n) is 3.80. The van der Waals surface area contributed by atoms with Crippen LogP contribution in [0.25, 0.3) is 0 Å². The lowest BCUT2D eigenvalue weighted by Crippen LogP contribution is -2.30. The Balaban J connectivity index is 1.68. The lowest BCUT2D eigenvalue weighted by atomic mass is 10.1. The number of hydrogen-bond donors (Lipinski definition) is 1. The van der Waals surface area contributed by atoms with Gasteiger partial charge in [0.1, 0.15) is 5.69 Å². The van der Waals surface area contributed by atoms with Gasteiger partial charge in [0.25, 0.3) is 0 Å². The number of thiazole rings is 1. The molecule has 0 amide bonds. The van der Waals surface area contributed by atoms with E-state index in [1.807, 2.05) is 6.92 Å². The Kier molecular flexibility index (Phi) is 6.01. The molecular weight excluding hydrogens is 379 g/mol. The largest absolute Gasteiger partial charge is 0.306 e. The smallest absolute Gasteiger partial charge is 0.205 e. The summed E-state index contributed by atoms with van der Waals surface area (Å²) in [7, 11) is 2.12. The maximum absolute atomic E-state index is 6.10. The van der Waals surface area contributed by atoms with Crippen LogP contribution in [0.4, 0.5) is 15.8 Å². The van der Waals surface area contributed by atoms with E-state index in [0.717, 1.165) is 36.6 Å². The summed E-state index contributed by atoms with van der Waals surface area (Å²) in [5.74, 6) is 0. The Morgan fingerprint density at radius 1 is 1.20 bits per heavy atom. The lowest BCUT2D eigenvalue weighted by Gasteiger charge is -2.22. The number of aromatic nitrogens is 1. The van der Waals surface area contributed by atoms with E-state index in [9.17, 15) is 0 Å². The van der Waals surface area contributed by atoms with Crippen LogP contribution in [0.1, 0.15) is 18.5 Å². The number of hydrazone groups is 1. The zero-order chi connectivity index (χ0) is 17.8. The quantitative estimate of drug-likeness (QED) is 0.534. The predicted octanol–water partition coefficient (Wildman–Crippen LogP) is 5.67. The molecule has 132 valence electrons. The Bertz CT molecular complexity index is 807. The fourth-order valence-corrected chi connectivity index (χ4v) is 3.48. The summed E-state index contributed by atoms with van der Waals surface area (Å²) in [5, 5.41) is 15.4. The van der Waals surface area contributed by atoms with Crippen molar-refractivity contribution < 1.29 is 0 Å². The fourth-order valence-electron chi connectivity index (χ4n) is 2.31. The number of halogens is 2. The van der Waals surface area contributed by atoms with Gasteiger partial charge >= 0.3 is 0 Å². The van der Waals surface area contributed by atoms with Gasteiger partial charge in [-0.15, -0.1) is 10.2 Å². The van der Waals surface area contributed by atoms with Crippen LogP contribution in [-0.2, 0) is 0 Å². The average Bonchev–Trinajstić information content (AvgIpc) is 2.93. The van der Waals surface area contributed by atoms with Gasteiger partial charge < -0.3 is 4.90 Å². The van der Waals surface area contributed by atoms with E-state index in [1.54, 1.807) is 18.2 Å². The average molecular weight is 397 g/mol. The molecule has 1 aliphatic heterocycles. The topological polar surface area (TPSA) is 65.2 Å². The molecule has 2 aromatic rings. The van der Waals surface area contributed by atoms with Gasteiger partial charge in [0.2, 0.25) is 5.13 Å². The molecule has 1 aromatic heterocycles. The number of likely N-dealkylation sites (tertiary alicyclic amines) is 1. The minimum atomic E-state index is 0.463. The Labute approximate surface area is 160 Å². The van der Waals surface area contributed by atoms with Crippen molar-refractivity contribution in [2.75, 3.05) is 25.6 Å². The van der Waals surface area contributed by atoms with Crippen LogP contribution < -0.4 is 5.43 Å². The van der Waals surface area contributed by atoms with E-state index in [2.05, 4.69) is 37.7 Å². The van der Waals surface area contributed by atoms with Gasteiger partial charge in [0.15, 0.2) is 5.00 Å². The molecule has 0 radical (unpaired) electrons. The zero-order valence-corrected chi connectivity index (χ0v) is 16.3. The summed E-state index contributed by atoms with van der Waals surface area (Å²) in [6.45, 7) is 3.97. The molecule has 1 N–H and O–H groups in total. The van der Waals surface area contributed by atoms with Gasteiger partial charge in [-0.3, -0.25) is 5.43 Å². The number of rotatable bonds is 4. The highest BCUT2D eigenvalue weighted by Gasteiger charge is 2.12. The number of nitrogens with zero attached hydrogens (tertiary/aromatic N) is 5. The molecule has 0 bridgehead atoms. The first-order valence-electron chi connectivity index (χ1n) is 7.85. The first kappa shape index (κ1) is 18.3. The van der Waals surface area contributed by atoms with E-state index in [1.165, 1.54) is 17.0 Å². The van der Waals surface area contributed by atoms with E-state index in [4.69, 9.17) is 23.2 Å². The lowest BCUT2D eigenvalue weighted by molar-refractivity contribution is 0.336. The van der Waals surface area contributed by atoms with Crippen molar-refractivity contribution in [1.29, 1.82) is 0 Å². The maximum Gasteiger partial charge on any atom is 0.205 e. The van der Waals surface area contributed by atoms with Crippen molar-refractivity contribution in [2.45, 2.75) is 19.8 Å². The molecule has 0 saturated carbocycles. The fraction of sp³-hybridized carbons (Fsp3) is 0.375. The van der Waals surface area contributed by atoms with Gasteiger partial charge in [-0.25, -0.2) is 4.98 Å². The first-order valence-corrected chi connectivity index (χ1v) is 9.43. The minimum Gasteiger partial charge on any atom is -0.306 e. The van der Waals surface area contributed by atoms with Crippen LogP contribution in [0.3, 0.4) is 0 Å². The highest BCUT2D eigenvalue weighted by atomic mass is 35.5.